The minimum absolute atomic E-state index is 0.0500. The first-order chi connectivity index (χ1) is 13.9. The second kappa shape index (κ2) is 7.30. The molecule has 148 valence electrons. The van der Waals surface area contributed by atoms with Gasteiger partial charge >= 0.3 is 0 Å². The topological polar surface area (TPSA) is 52.7 Å². The van der Waals surface area contributed by atoms with Crippen LogP contribution < -0.4 is 10.2 Å². The van der Waals surface area contributed by atoms with E-state index in [1.165, 1.54) is 0 Å². The molecule has 2 aliphatic heterocycles. The van der Waals surface area contributed by atoms with Crippen molar-refractivity contribution < 1.29 is 18.4 Å². The first kappa shape index (κ1) is 19.1. The van der Waals surface area contributed by atoms with Gasteiger partial charge in [-0.05, 0) is 31.2 Å². The molecule has 1 unspecified atom stereocenters. The van der Waals surface area contributed by atoms with Crippen LogP contribution in [0.15, 0.2) is 42.5 Å². The van der Waals surface area contributed by atoms with Crippen LogP contribution >= 0.6 is 0 Å². The number of hydrogen-bond donors (Lipinski definition) is 1. The molecule has 2 amide bonds. The molecule has 0 saturated carbocycles. The molecule has 1 N–H and O–H groups in total. The number of hydrogen-bond acceptors (Lipinski definition) is 3. The van der Waals surface area contributed by atoms with Gasteiger partial charge in [0.25, 0.3) is 0 Å². The fraction of sp³-hybridized carbons (Fsp3) is 0.273. The van der Waals surface area contributed by atoms with Crippen LogP contribution in [0.25, 0.3) is 0 Å². The van der Waals surface area contributed by atoms with E-state index < -0.39 is 28.8 Å². The van der Waals surface area contributed by atoms with Crippen LogP contribution in [0.2, 0.25) is 0 Å². The van der Waals surface area contributed by atoms with Crippen molar-refractivity contribution >= 4 is 17.5 Å². The Kier molecular flexibility index (Phi) is 4.81. The number of nitrogens with one attached hydrogen (secondary N) is 1. The fourth-order valence-corrected chi connectivity index (χ4v) is 3.70. The summed E-state index contributed by atoms with van der Waals surface area (Å²) in [7, 11) is 0. The summed E-state index contributed by atoms with van der Waals surface area (Å²) in [5.74, 6) is 3.13. The lowest BCUT2D eigenvalue weighted by atomic mass is 9.89. The monoisotopic (exact) mass is 395 g/mol. The van der Waals surface area contributed by atoms with Gasteiger partial charge in [0.05, 0.1) is 13.1 Å². The highest BCUT2D eigenvalue weighted by molar-refractivity contribution is 6.01. The molecule has 0 radical (unpaired) electrons. The number of benzene rings is 2. The fourth-order valence-electron chi connectivity index (χ4n) is 3.70. The number of anilines is 1. The quantitative estimate of drug-likeness (QED) is 0.754. The molecule has 2 heterocycles. The van der Waals surface area contributed by atoms with E-state index in [9.17, 15) is 18.4 Å². The predicted octanol–water partition coefficient (Wildman–Crippen LogP) is 2.25. The van der Waals surface area contributed by atoms with E-state index in [-0.39, 0.29) is 24.6 Å². The zero-order valence-electron chi connectivity index (χ0n) is 15.8. The number of rotatable bonds is 1. The Morgan fingerprint density at radius 1 is 1.03 bits per heavy atom. The summed E-state index contributed by atoms with van der Waals surface area (Å²) in [4.78, 5) is 27.7. The molecule has 0 aliphatic carbocycles. The van der Waals surface area contributed by atoms with Gasteiger partial charge < -0.3 is 5.32 Å². The van der Waals surface area contributed by atoms with Crippen LogP contribution in [0.4, 0.5) is 14.5 Å². The van der Waals surface area contributed by atoms with Crippen LogP contribution in [-0.4, -0.2) is 42.0 Å². The van der Waals surface area contributed by atoms with Gasteiger partial charge in [-0.25, -0.2) is 8.78 Å². The highest BCUT2D eigenvalue weighted by Gasteiger charge is 2.49. The molecule has 0 spiro atoms. The number of nitrogens with zero attached hydrogens (tertiary/aromatic N) is 2. The number of piperazine rings is 1. The van der Waals surface area contributed by atoms with Crippen molar-refractivity contribution in [2.75, 3.05) is 24.7 Å². The largest absolute Gasteiger partial charge is 0.353 e. The highest BCUT2D eigenvalue weighted by Crippen LogP contribution is 2.33. The van der Waals surface area contributed by atoms with Crippen LogP contribution in [0.3, 0.4) is 0 Å². The van der Waals surface area contributed by atoms with Gasteiger partial charge in [-0.15, -0.1) is 0 Å². The third kappa shape index (κ3) is 3.47. The van der Waals surface area contributed by atoms with E-state index in [1.807, 2.05) is 18.2 Å². The molecule has 4 rings (SSSR count). The molecule has 2 aliphatic rings. The smallest absolute Gasteiger partial charge is 0.240 e. The van der Waals surface area contributed by atoms with Crippen molar-refractivity contribution in [2.24, 2.45) is 0 Å². The molecule has 2 fully saturated rings. The maximum atomic E-state index is 14.8. The van der Waals surface area contributed by atoms with E-state index in [4.69, 9.17) is 0 Å². The van der Waals surface area contributed by atoms with Gasteiger partial charge in [0, 0.05) is 24.2 Å². The first-order valence-electron chi connectivity index (χ1n) is 9.28. The Balaban J connectivity index is 1.63. The van der Waals surface area contributed by atoms with Gasteiger partial charge in [-0.3, -0.25) is 19.4 Å². The molecular weight excluding hydrogens is 376 g/mol. The number of fused-ring (bicyclic) bond motifs is 1. The second-order valence-corrected chi connectivity index (χ2v) is 7.34. The van der Waals surface area contributed by atoms with Crippen LogP contribution in [0.1, 0.15) is 24.5 Å². The third-order valence-corrected chi connectivity index (χ3v) is 5.37. The average molecular weight is 395 g/mol. The highest BCUT2D eigenvalue weighted by atomic mass is 19.1. The Hall–Kier alpha value is -3.24. The summed E-state index contributed by atoms with van der Waals surface area (Å²) in [6, 6.07) is 11.3. The summed E-state index contributed by atoms with van der Waals surface area (Å²) in [6.07, 6.45) is -0.146. The maximum Gasteiger partial charge on any atom is 0.240 e. The Morgan fingerprint density at radius 3 is 2.38 bits per heavy atom. The normalized spacial score (nSPS) is 21.8. The number of halogens is 2. The molecular formula is C22H19F2N3O2. The van der Waals surface area contributed by atoms with Gasteiger partial charge in [0.15, 0.2) is 11.6 Å². The lowest BCUT2D eigenvalue weighted by molar-refractivity contribution is -0.144. The molecule has 0 aromatic heterocycles. The molecule has 2 aromatic carbocycles. The number of carbonyl (C=O) groups excluding carboxylic acids is 2. The lowest BCUT2D eigenvalue weighted by Gasteiger charge is -2.49. The summed E-state index contributed by atoms with van der Waals surface area (Å²) in [6.45, 7) is 2.54. The van der Waals surface area contributed by atoms with Crippen molar-refractivity contribution in [3.63, 3.8) is 0 Å². The Labute approximate surface area is 167 Å². The first-order valence-corrected chi connectivity index (χ1v) is 9.28. The molecule has 1 atom stereocenters. The predicted molar refractivity (Wildman–Crippen MR) is 104 cm³/mol. The van der Waals surface area contributed by atoms with E-state index in [0.717, 1.165) is 22.6 Å². The van der Waals surface area contributed by atoms with Crippen molar-refractivity contribution in [1.82, 2.24) is 10.2 Å². The van der Waals surface area contributed by atoms with E-state index in [0.29, 0.717) is 13.1 Å². The number of carbonyl (C=O) groups is 2. The maximum absolute atomic E-state index is 14.8. The SMILES string of the molecule is CC12CC(=O)N(c3c(F)cc(C#Cc4ccccc4)cc3F)CN1CCNC2=O. The minimum atomic E-state index is -1.00. The Bertz CT molecular complexity index is 1020. The number of amides is 2. The van der Waals surface area contributed by atoms with Crippen LogP contribution in [-0.2, 0) is 9.59 Å². The standard InChI is InChI=1S/C22H19F2N3O2/c1-22-13-19(28)27(14-26(22)10-9-25-21(22)29)20-17(23)11-16(12-18(20)24)8-7-15-5-3-2-4-6-15/h2-6,11-12H,9-10,13-14H2,1H3,(H,25,29). The van der Waals surface area contributed by atoms with Gasteiger partial charge in [0.1, 0.15) is 11.2 Å². The van der Waals surface area contributed by atoms with Gasteiger partial charge in [-0.1, -0.05) is 30.0 Å². The van der Waals surface area contributed by atoms with E-state index >= 15 is 0 Å². The molecule has 29 heavy (non-hydrogen) atoms. The van der Waals surface area contributed by atoms with Crippen molar-refractivity contribution in [3.8, 4) is 11.8 Å². The Morgan fingerprint density at radius 2 is 1.69 bits per heavy atom. The lowest BCUT2D eigenvalue weighted by Crippen LogP contribution is -2.70. The van der Waals surface area contributed by atoms with Gasteiger partial charge in [-0.2, -0.15) is 0 Å². The van der Waals surface area contributed by atoms with E-state index in [1.54, 1.807) is 24.0 Å². The van der Waals surface area contributed by atoms with Crippen LogP contribution in [0, 0.1) is 23.5 Å². The zero-order valence-corrected chi connectivity index (χ0v) is 15.8. The average Bonchev–Trinajstić information content (AvgIpc) is 2.68. The minimum Gasteiger partial charge on any atom is -0.353 e. The molecule has 0 bridgehead atoms. The summed E-state index contributed by atoms with van der Waals surface area (Å²) >= 11 is 0. The molecule has 2 aromatic rings. The third-order valence-electron chi connectivity index (χ3n) is 5.37. The van der Waals surface area contributed by atoms with Crippen molar-refractivity contribution in [2.45, 2.75) is 18.9 Å². The zero-order chi connectivity index (χ0) is 20.6. The second-order valence-electron chi connectivity index (χ2n) is 7.34. The summed E-state index contributed by atoms with van der Waals surface area (Å²) in [5.41, 5.74) is -0.501. The van der Waals surface area contributed by atoms with Crippen molar-refractivity contribution in [1.29, 1.82) is 0 Å². The van der Waals surface area contributed by atoms with E-state index in [2.05, 4.69) is 17.2 Å². The molecule has 2 saturated heterocycles. The molecule has 5 nitrogen and oxygen atoms in total. The molecule has 7 heteroatoms. The van der Waals surface area contributed by atoms with Crippen molar-refractivity contribution in [3.05, 3.63) is 65.2 Å². The van der Waals surface area contributed by atoms with Gasteiger partial charge in [0.2, 0.25) is 11.8 Å². The van der Waals surface area contributed by atoms with Crippen LogP contribution in [0.5, 0.6) is 0 Å². The summed E-state index contributed by atoms with van der Waals surface area (Å²) < 4.78 is 29.6. The summed E-state index contributed by atoms with van der Waals surface area (Å²) in [5, 5.41) is 2.74.